The molecule has 0 atom stereocenters. The Morgan fingerprint density at radius 2 is 0.794 bits per heavy atom. The highest BCUT2D eigenvalue weighted by molar-refractivity contribution is 5.96. The number of hydrogen-bond donors (Lipinski definition) is 2. The molecule has 0 bridgehead atoms. The van der Waals surface area contributed by atoms with Crippen molar-refractivity contribution in [3.05, 3.63) is 34.4 Å². The Labute approximate surface area is 208 Å². The van der Waals surface area contributed by atoms with Crippen molar-refractivity contribution < 1.29 is 19.8 Å². The molecule has 0 amide bonds. The summed E-state index contributed by atoms with van der Waals surface area (Å²) in [4.78, 5) is 23.6. The molecule has 4 heteroatoms. The maximum atomic E-state index is 11.8. The number of aryl methyl sites for hydroxylation is 2. The third-order valence-electron chi connectivity index (χ3n) is 6.89. The maximum absolute atomic E-state index is 11.8. The summed E-state index contributed by atoms with van der Waals surface area (Å²) >= 11 is 0. The molecule has 0 heterocycles. The normalized spacial score (nSPS) is 11.1. The topological polar surface area (TPSA) is 74.6 Å². The largest absolute Gasteiger partial charge is 0.478 e. The molecule has 1 rings (SSSR count). The molecule has 0 aliphatic heterocycles. The molecule has 0 aromatic heterocycles. The number of unbranched alkanes of at least 4 members (excludes halogenated alkanes) is 16. The fourth-order valence-corrected chi connectivity index (χ4v) is 4.76. The van der Waals surface area contributed by atoms with Crippen LogP contribution >= 0.6 is 0 Å². The van der Waals surface area contributed by atoms with Crippen LogP contribution in [0.1, 0.15) is 161 Å². The zero-order valence-electron chi connectivity index (χ0n) is 22.0. The Hall–Kier alpha value is -1.84. The van der Waals surface area contributed by atoms with Crippen LogP contribution < -0.4 is 0 Å². The molecule has 0 spiro atoms. The van der Waals surface area contributed by atoms with Crippen LogP contribution in [-0.4, -0.2) is 22.2 Å². The van der Waals surface area contributed by atoms with E-state index in [0.29, 0.717) is 12.8 Å². The predicted octanol–water partition coefficient (Wildman–Crippen LogP) is 9.23. The third kappa shape index (κ3) is 13.2. The highest BCUT2D eigenvalue weighted by Gasteiger charge is 2.18. The van der Waals surface area contributed by atoms with Crippen LogP contribution in [0.4, 0.5) is 0 Å². The highest BCUT2D eigenvalue weighted by Crippen LogP contribution is 2.23. The second-order valence-electron chi connectivity index (χ2n) is 9.93. The van der Waals surface area contributed by atoms with E-state index in [0.717, 1.165) is 36.8 Å². The van der Waals surface area contributed by atoms with Crippen LogP contribution in [0, 0.1) is 0 Å². The minimum Gasteiger partial charge on any atom is -0.478 e. The Morgan fingerprint density at radius 3 is 1.09 bits per heavy atom. The maximum Gasteiger partial charge on any atom is 0.335 e. The minimum atomic E-state index is -1.02. The Balaban J connectivity index is 2.55. The lowest BCUT2D eigenvalue weighted by molar-refractivity contribution is 0.0695. The molecule has 0 aliphatic rings. The summed E-state index contributed by atoms with van der Waals surface area (Å²) in [7, 11) is 0. The number of hydrogen-bond acceptors (Lipinski definition) is 2. The lowest BCUT2D eigenvalue weighted by Crippen LogP contribution is -2.10. The van der Waals surface area contributed by atoms with Crippen molar-refractivity contribution >= 4 is 11.9 Å². The summed E-state index contributed by atoms with van der Waals surface area (Å²) in [6.45, 7) is 4.46. The van der Waals surface area contributed by atoms with Gasteiger partial charge in [0.1, 0.15) is 0 Å². The molecular formula is C30H50O4. The lowest BCUT2D eigenvalue weighted by atomic mass is 9.92. The van der Waals surface area contributed by atoms with E-state index < -0.39 is 11.9 Å². The van der Waals surface area contributed by atoms with Crippen molar-refractivity contribution in [3.63, 3.8) is 0 Å². The molecule has 194 valence electrons. The summed E-state index contributed by atoms with van der Waals surface area (Å²) in [6.07, 6.45) is 23.5. The second-order valence-corrected chi connectivity index (χ2v) is 9.93. The number of carbonyl (C=O) groups is 2. The SMILES string of the molecule is CCCCCCCCCCCc1cc(CCCCCCCCCCC)c(C(=O)O)cc1C(=O)O. The average molecular weight is 475 g/mol. The Bertz CT molecular complexity index is 640. The fourth-order valence-electron chi connectivity index (χ4n) is 4.76. The van der Waals surface area contributed by atoms with Gasteiger partial charge in [-0.05, 0) is 42.9 Å². The van der Waals surface area contributed by atoms with Gasteiger partial charge in [0.25, 0.3) is 0 Å². The first kappa shape index (κ1) is 30.2. The molecule has 0 aliphatic carbocycles. The molecule has 0 unspecified atom stereocenters. The Kier molecular flexibility index (Phi) is 17.3. The van der Waals surface area contributed by atoms with Crippen molar-refractivity contribution in [1.82, 2.24) is 0 Å². The van der Waals surface area contributed by atoms with Gasteiger partial charge in [0.15, 0.2) is 0 Å². The van der Waals surface area contributed by atoms with Gasteiger partial charge in [-0.25, -0.2) is 9.59 Å². The third-order valence-corrected chi connectivity index (χ3v) is 6.89. The van der Waals surface area contributed by atoms with E-state index in [-0.39, 0.29) is 11.1 Å². The fraction of sp³-hybridized carbons (Fsp3) is 0.733. The first-order chi connectivity index (χ1) is 16.5. The number of rotatable bonds is 22. The summed E-state index contributed by atoms with van der Waals surface area (Å²) in [5.41, 5.74) is 1.92. The number of carboxylic acids is 2. The van der Waals surface area contributed by atoms with Gasteiger partial charge >= 0.3 is 11.9 Å². The quantitative estimate of drug-likeness (QED) is 0.164. The van der Waals surface area contributed by atoms with Gasteiger partial charge in [-0.2, -0.15) is 0 Å². The van der Waals surface area contributed by atoms with Gasteiger partial charge in [0.05, 0.1) is 11.1 Å². The van der Waals surface area contributed by atoms with E-state index in [1.165, 1.54) is 96.0 Å². The van der Waals surface area contributed by atoms with E-state index >= 15 is 0 Å². The number of carboxylic acid groups (broad SMARTS) is 2. The molecular weight excluding hydrogens is 424 g/mol. The molecule has 1 aromatic rings. The predicted molar refractivity (Wildman–Crippen MR) is 142 cm³/mol. The summed E-state index contributed by atoms with van der Waals surface area (Å²) in [5, 5.41) is 19.3. The van der Waals surface area contributed by atoms with E-state index in [2.05, 4.69) is 13.8 Å². The molecule has 0 saturated carbocycles. The molecule has 0 fully saturated rings. The smallest absolute Gasteiger partial charge is 0.335 e. The molecule has 4 nitrogen and oxygen atoms in total. The monoisotopic (exact) mass is 474 g/mol. The number of benzene rings is 1. The van der Waals surface area contributed by atoms with E-state index in [1.54, 1.807) is 0 Å². The van der Waals surface area contributed by atoms with E-state index in [4.69, 9.17) is 0 Å². The Morgan fingerprint density at radius 1 is 0.500 bits per heavy atom. The molecule has 34 heavy (non-hydrogen) atoms. The molecule has 2 N–H and O–H groups in total. The van der Waals surface area contributed by atoms with Gasteiger partial charge in [-0.3, -0.25) is 0 Å². The molecule has 0 saturated heterocycles. The lowest BCUT2D eigenvalue weighted by Gasteiger charge is -2.13. The highest BCUT2D eigenvalue weighted by atomic mass is 16.4. The van der Waals surface area contributed by atoms with Gasteiger partial charge in [0.2, 0.25) is 0 Å². The summed E-state index contributed by atoms with van der Waals surface area (Å²) in [5.74, 6) is -2.05. The second kappa shape index (κ2) is 19.5. The molecule has 1 aromatic carbocycles. The van der Waals surface area contributed by atoms with Gasteiger partial charge in [-0.15, -0.1) is 0 Å². The first-order valence-electron chi connectivity index (χ1n) is 14.1. The van der Waals surface area contributed by atoms with Gasteiger partial charge in [-0.1, -0.05) is 123 Å². The zero-order chi connectivity index (χ0) is 25.0. The average Bonchev–Trinajstić information content (AvgIpc) is 2.81. The van der Waals surface area contributed by atoms with Gasteiger partial charge in [0, 0.05) is 0 Å². The van der Waals surface area contributed by atoms with Crippen molar-refractivity contribution in [2.45, 2.75) is 142 Å². The van der Waals surface area contributed by atoms with E-state index in [9.17, 15) is 19.8 Å². The van der Waals surface area contributed by atoms with Crippen molar-refractivity contribution in [2.24, 2.45) is 0 Å². The minimum absolute atomic E-state index is 0.160. The van der Waals surface area contributed by atoms with Crippen LogP contribution in [0.15, 0.2) is 12.1 Å². The van der Waals surface area contributed by atoms with Crippen LogP contribution in [0.25, 0.3) is 0 Å². The van der Waals surface area contributed by atoms with Crippen LogP contribution in [-0.2, 0) is 12.8 Å². The first-order valence-corrected chi connectivity index (χ1v) is 14.1. The summed E-state index contributed by atoms with van der Waals surface area (Å²) in [6, 6.07) is 3.28. The number of aromatic carboxylic acids is 2. The van der Waals surface area contributed by atoms with E-state index in [1.807, 2.05) is 6.07 Å². The van der Waals surface area contributed by atoms with Crippen LogP contribution in [0.3, 0.4) is 0 Å². The standard InChI is InChI=1S/C30H50O4/c1-3-5-7-9-11-13-15-17-19-21-25-23-26(28(30(33)34)24-27(25)29(31)32)22-20-18-16-14-12-10-8-6-4-2/h23-24H,3-22H2,1-2H3,(H,31,32)(H,33,34). The van der Waals surface area contributed by atoms with Crippen LogP contribution in [0.2, 0.25) is 0 Å². The van der Waals surface area contributed by atoms with Crippen molar-refractivity contribution in [1.29, 1.82) is 0 Å². The van der Waals surface area contributed by atoms with Crippen molar-refractivity contribution in [2.75, 3.05) is 0 Å². The molecule has 0 radical (unpaired) electrons. The summed E-state index contributed by atoms with van der Waals surface area (Å²) < 4.78 is 0. The van der Waals surface area contributed by atoms with Crippen molar-refractivity contribution in [3.8, 4) is 0 Å². The zero-order valence-corrected chi connectivity index (χ0v) is 22.0. The van der Waals surface area contributed by atoms with Crippen LogP contribution in [0.5, 0.6) is 0 Å². The van der Waals surface area contributed by atoms with Gasteiger partial charge < -0.3 is 10.2 Å².